The maximum absolute atomic E-state index is 11.0. The predicted octanol–water partition coefficient (Wildman–Crippen LogP) is 1.49. The molecule has 0 aromatic heterocycles. The lowest BCUT2D eigenvalue weighted by Gasteiger charge is -2.25. The largest absolute Gasteiger partial charge is 0.384 e. The van der Waals surface area contributed by atoms with E-state index in [-0.39, 0.29) is 11.3 Å². The normalized spacial score (nSPS) is 27.2. The zero-order chi connectivity index (χ0) is 10.1. The van der Waals surface area contributed by atoms with Gasteiger partial charge in [-0.15, -0.1) is 0 Å². The molecule has 1 N–H and O–H groups in total. The van der Waals surface area contributed by atoms with Crippen molar-refractivity contribution in [3.05, 3.63) is 10.8 Å². The first-order valence-electron chi connectivity index (χ1n) is 4.10. The number of hydrogen-bond donors (Lipinski definition) is 1. The van der Waals surface area contributed by atoms with Crippen LogP contribution in [0.2, 0.25) is 0 Å². The SMILES string of the molecule is CCC1=C(Cl)OS(=O)(=O)NC1CC. The Labute approximate surface area is 83.2 Å². The fourth-order valence-electron chi connectivity index (χ4n) is 1.27. The molecule has 13 heavy (non-hydrogen) atoms. The van der Waals surface area contributed by atoms with E-state index in [1.54, 1.807) is 0 Å². The molecule has 76 valence electrons. The zero-order valence-electron chi connectivity index (χ0n) is 7.50. The maximum Gasteiger partial charge on any atom is 0.384 e. The van der Waals surface area contributed by atoms with E-state index >= 15 is 0 Å². The van der Waals surface area contributed by atoms with Crippen molar-refractivity contribution in [2.45, 2.75) is 32.7 Å². The minimum Gasteiger partial charge on any atom is -0.358 e. The Kier molecular flexibility index (Phi) is 3.21. The second-order valence-corrected chi connectivity index (χ2v) is 4.42. The van der Waals surface area contributed by atoms with E-state index in [9.17, 15) is 8.42 Å². The minimum absolute atomic E-state index is 0.00639. The molecule has 1 heterocycles. The molecule has 0 aromatic carbocycles. The average Bonchev–Trinajstić information content (AvgIpc) is 2.01. The molecule has 1 aliphatic rings. The Morgan fingerprint density at radius 3 is 2.62 bits per heavy atom. The molecule has 1 rings (SSSR count). The number of rotatable bonds is 2. The van der Waals surface area contributed by atoms with Crippen LogP contribution in [-0.2, 0) is 14.5 Å². The van der Waals surface area contributed by atoms with Crippen LogP contribution in [0, 0.1) is 0 Å². The lowest BCUT2D eigenvalue weighted by atomic mass is 10.1. The molecule has 0 bridgehead atoms. The molecule has 0 saturated heterocycles. The van der Waals surface area contributed by atoms with E-state index in [0.29, 0.717) is 12.8 Å². The van der Waals surface area contributed by atoms with Gasteiger partial charge in [0.05, 0.1) is 6.04 Å². The van der Waals surface area contributed by atoms with Gasteiger partial charge in [-0.1, -0.05) is 13.8 Å². The summed E-state index contributed by atoms with van der Waals surface area (Å²) in [6.07, 6.45) is 1.35. The van der Waals surface area contributed by atoms with Gasteiger partial charge in [-0.25, -0.2) is 0 Å². The highest BCUT2D eigenvalue weighted by Gasteiger charge is 2.29. The van der Waals surface area contributed by atoms with Crippen molar-refractivity contribution in [1.82, 2.24) is 4.72 Å². The van der Waals surface area contributed by atoms with Crippen molar-refractivity contribution in [3.8, 4) is 0 Å². The van der Waals surface area contributed by atoms with Gasteiger partial charge in [-0.05, 0) is 24.4 Å². The summed E-state index contributed by atoms with van der Waals surface area (Å²) < 4.78 is 29.0. The third-order valence-electron chi connectivity index (χ3n) is 1.93. The third-order valence-corrected chi connectivity index (χ3v) is 3.30. The topological polar surface area (TPSA) is 55.4 Å². The van der Waals surface area contributed by atoms with Gasteiger partial charge >= 0.3 is 10.3 Å². The predicted molar refractivity (Wildman–Crippen MR) is 50.4 cm³/mol. The molecular formula is C7H12ClNO3S. The summed E-state index contributed by atoms with van der Waals surface area (Å²) in [5, 5.41) is -0.00639. The fraction of sp³-hybridized carbons (Fsp3) is 0.714. The first-order valence-corrected chi connectivity index (χ1v) is 5.89. The smallest absolute Gasteiger partial charge is 0.358 e. The van der Waals surface area contributed by atoms with Gasteiger partial charge < -0.3 is 4.18 Å². The molecule has 4 nitrogen and oxygen atoms in total. The molecule has 0 spiro atoms. The standard InChI is InChI=1S/C7H12ClNO3S/c1-3-5-6(4-2)9-13(10,11)12-7(5)8/h6,9H,3-4H2,1-2H3. The molecular weight excluding hydrogens is 214 g/mol. The van der Waals surface area contributed by atoms with Crippen molar-refractivity contribution < 1.29 is 12.6 Å². The number of hydrogen-bond acceptors (Lipinski definition) is 3. The van der Waals surface area contributed by atoms with Gasteiger partial charge in [0.15, 0.2) is 0 Å². The lowest BCUT2D eigenvalue weighted by Crippen LogP contribution is -2.40. The molecule has 0 amide bonds. The molecule has 6 heteroatoms. The van der Waals surface area contributed by atoms with Crippen LogP contribution in [0.5, 0.6) is 0 Å². The van der Waals surface area contributed by atoms with Crippen molar-refractivity contribution >= 4 is 21.9 Å². The second kappa shape index (κ2) is 3.86. The molecule has 0 radical (unpaired) electrons. The molecule has 0 aliphatic carbocycles. The molecule has 1 atom stereocenters. The van der Waals surface area contributed by atoms with Crippen LogP contribution in [-0.4, -0.2) is 14.5 Å². The van der Waals surface area contributed by atoms with Crippen molar-refractivity contribution in [1.29, 1.82) is 0 Å². The third kappa shape index (κ3) is 2.36. The zero-order valence-corrected chi connectivity index (χ0v) is 9.07. The average molecular weight is 226 g/mol. The van der Waals surface area contributed by atoms with Crippen LogP contribution >= 0.6 is 11.6 Å². The Morgan fingerprint density at radius 1 is 1.54 bits per heavy atom. The Balaban J connectivity index is 3.04. The summed E-state index contributed by atoms with van der Waals surface area (Å²) in [4.78, 5) is 0. The lowest BCUT2D eigenvalue weighted by molar-refractivity contribution is 0.381. The van der Waals surface area contributed by atoms with Crippen LogP contribution in [0.3, 0.4) is 0 Å². The van der Waals surface area contributed by atoms with E-state index in [4.69, 9.17) is 11.6 Å². The highest BCUT2D eigenvalue weighted by molar-refractivity contribution is 7.84. The maximum atomic E-state index is 11.0. The van der Waals surface area contributed by atoms with Crippen LogP contribution < -0.4 is 4.72 Å². The van der Waals surface area contributed by atoms with E-state index in [1.165, 1.54) is 0 Å². The number of halogens is 1. The van der Waals surface area contributed by atoms with Gasteiger partial charge in [0.25, 0.3) is 0 Å². The summed E-state index contributed by atoms with van der Waals surface area (Å²) in [5.41, 5.74) is 0.805. The molecule has 1 aliphatic heterocycles. The quantitative estimate of drug-likeness (QED) is 0.775. The fourth-order valence-corrected chi connectivity index (χ4v) is 2.79. The Morgan fingerprint density at radius 2 is 2.15 bits per heavy atom. The van der Waals surface area contributed by atoms with Crippen LogP contribution in [0.15, 0.2) is 10.8 Å². The molecule has 0 aromatic rings. The summed E-state index contributed by atoms with van der Waals surface area (Å²) in [5.74, 6) is 0. The van der Waals surface area contributed by atoms with Crippen molar-refractivity contribution in [2.24, 2.45) is 0 Å². The van der Waals surface area contributed by atoms with Crippen LogP contribution in [0.25, 0.3) is 0 Å². The Bertz CT molecular complexity index is 323. The molecule has 1 unspecified atom stereocenters. The van der Waals surface area contributed by atoms with Gasteiger partial charge in [0.1, 0.15) is 0 Å². The molecule has 0 fully saturated rings. The highest BCUT2D eigenvalue weighted by Crippen LogP contribution is 2.26. The van der Waals surface area contributed by atoms with Crippen LogP contribution in [0.1, 0.15) is 26.7 Å². The van der Waals surface area contributed by atoms with Crippen LogP contribution in [0.4, 0.5) is 0 Å². The molecule has 0 saturated carbocycles. The van der Waals surface area contributed by atoms with E-state index < -0.39 is 10.3 Å². The Hall–Kier alpha value is -0.260. The summed E-state index contributed by atoms with van der Waals surface area (Å²) in [6, 6.07) is -0.226. The van der Waals surface area contributed by atoms with Gasteiger partial charge in [0.2, 0.25) is 5.22 Å². The monoisotopic (exact) mass is 225 g/mol. The highest BCUT2D eigenvalue weighted by atomic mass is 35.5. The minimum atomic E-state index is -3.68. The number of nitrogens with one attached hydrogen (secondary N) is 1. The first-order chi connectivity index (χ1) is 6.00. The van der Waals surface area contributed by atoms with Gasteiger partial charge in [0, 0.05) is 5.57 Å². The summed E-state index contributed by atoms with van der Waals surface area (Å²) >= 11 is 5.68. The van der Waals surface area contributed by atoms with Gasteiger partial charge in [-0.3, -0.25) is 0 Å². The second-order valence-electron chi connectivity index (χ2n) is 2.77. The van der Waals surface area contributed by atoms with Gasteiger partial charge in [-0.2, -0.15) is 13.1 Å². The van der Waals surface area contributed by atoms with E-state index in [0.717, 1.165) is 5.57 Å². The van der Waals surface area contributed by atoms with E-state index in [2.05, 4.69) is 8.91 Å². The summed E-state index contributed by atoms with van der Waals surface area (Å²) in [6.45, 7) is 3.79. The first kappa shape index (κ1) is 10.8. The summed E-state index contributed by atoms with van der Waals surface area (Å²) in [7, 11) is -3.68. The van der Waals surface area contributed by atoms with E-state index in [1.807, 2.05) is 13.8 Å². The van der Waals surface area contributed by atoms with Crippen molar-refractivity contribution in [3.63, 3.8) is 0 Å². The van der Waals surface area contributed by atoms with Crippen molar-refractivity contribution in [2.75, 3.05) is 0 Å².